The minimum atomic E-state index is -0.107. The number of carbonyl (C=O) groups excluding carboxylic acids is 1. The third kappa shape index (κ3) is 4.65. The molecule has 3 heterocycles. The molecular formula is C17H25N5O2S. The summed E-state index contributed by atoms with van der Waals surface area (Å²) in [7, 11) is 0. The van der Waals surface area contributed by atoms with E-state index in [1.165, 1.54) is 11.3 Å². The lowest BCUT2D eigenvalue weighted by molar-refractivity contribution is 0.0929. The molecule has 7 nitrogen and oxygen atoms in total. The van der Waals surface area contributed by atoms with E-state index in [4.69, 9.17) is 10.2 Å². The number of thiazole rings is 1. The van der Waals surface area contributed by atoms with Gasteiger partial charge in [0.05, 0.1) is 12.2 Å². The second-order valence-electron chi connectivity index (χ2n) is 6.51. The molecule has 8 heteroatoms. The normalized spacial score (nSPS) is 16.3. The highest BCUT2D eigenvalue weighted by Crippen LogP contribution is 2.19. The number of rotatable bonds is 6. The van der Waals surface area contributed by atoms with Crippen molar-refractivity contribution in [2.24, 2.45) is 11.7 Å². The summed E-state index contributed by atoms with van der Waals surface area (Å²) in [4.78, 5) is 23.1. The maximum Gasteiger partial charge on any atom is 0.270 e. The van der Waals surface area contributed by atoms with Gasteiger partial charge in [0.25, 0.3) is 5.91 Å². The molecule has 0 unspecified atom stereocenters. The Kier molecular flexibility index (Phi) is 5.82. The summed E-state index contributed by atoms with van der Waals surface area (Å²) >= 11 is 1.42. The van der Waals surface area contributed by atoms with E-state index in [2.05, 4.69) is 20.2 Å². The Hall–Kier alpha value is -1.77. The number of aryl methyl sites for hydroxylation is 2. The van der Waals surface area contributed by atoms with Gasteiger partial charge < -0.3 is 15.5 Å². The molecule has 3 N–H and O–H groups in total. The van der Waals surface area contributed by atoms with Crippen molar-refractivity contribution in [3.63, 3.8) is 0 Å². The molecule has 0 spiro atoms. The molecule has 1 amide bonds. The van der Waals surface area contributed by atoms with Gasteiger partial charge in [-0.05, 0) is 45.7 Å². The van der Waals surface area contributed by atoms with Crippen LogP contribution in [0.3, 0.4) is 0 Å². The van der Waals surface area contributed by atoms with Crippen LogP contribution in [0, 0.1) is 19.8 Å². The number of oxazole rings is 1. The largest absolute Gasteiger partial charge is 0.444 e. The smallest absolute Gasteiger partial charge is 0.270 e. The van der Waals surface area contributed by atoms with Crippen molar-refractivity contribution in [2.45, 2.75) is 39.8 Å². The fourth-order valence-corrected chi connectivity index (χ4v) is 3.64. The minimum Gasteiger partial charge on any atom is -0.444 e. The molecule has 0 saturated carbocycles. The molecule has 136 valence electrons. The van der Waals surface area contributed by atoms with E-state index in [-0.39, 0.29) is 5.91 Å². The zero-order chi connectivity index (χ0) is 17.8. The minimum absolute atomic E-state index is 0.107. The van der Waals surface area contributed by atoms with Gasteiger partial charge in [0.1, 0.15) is 16.5 Å². The van der Waals surface area contributed by atoms with Gasteiger partial charge in [0.2, 0.25) is 5.89 Å². The van der Waals surface area contributed by atoms with E-state index < -0.39 is 0 Å². The maximum atomic E-state index is 12.1. The van der Waals surface area contributed by atoms with Gasteiger partial charge >= 0.3 is 0 Å². The van der Waals surface area contributed by atoms with Crippen molar-refractivity contribution >= 4 is 17.2 Å². The molecule has 0 aromatic carbocycles. The van der Waals surface area contributed by atoms with Crippen LogP contribution in [0.15, 0.2) is 9.80 Å². The highest BCUT2D eigenvalue weighted by atomic mass is 32.1. The summed E-state index contributed by atoms with van der Waals surface area (Å²) in [5.74, 6) is 2.08. The first-order valence-electron chi connectivity index (χ1n) is 8.63. The van der Waals surface area contributed by atoms with E-state index in [0.717, 1.165) is 54.8 Å². The number of amides is 1. The molecule has 0 radical (unpaired) electrons. The standard InChI is InChI=1S/C17H25N5O2S/c1-11-12(2)24-15(20-11)9-22-5-3-13(4-6-22)8-19-17(23)14-10-25-16(7-18)21-14/h10,13H,3-9,18H2,1-2H3,(H,19,23). The Morgan fingerprint density at radius 1 is 1.40 bits per heavy atom. The van der Waals surface area contributed by atoms with Crippen molar-refractivity contribution in [1.29, 1.82) is 0 Å². The van der Waals surface area contributed by atoms with Gasteiger partial charge in [-0.3, -0.25) is 9.69 Å². The fourth-order valence-electron chi connectivity index (χ4n) is 2.98. The number of nitrogens with zero attached hydrogens (tertiary/aromatic N) is 3. The van der Waals surface area contributed by atoms with Crippen molar-refractivity contribution in [3.05, 3.63) is 33.4 Å². The van der Waals surface area contributed by atoms with E-state index in [1.54, 1.807) is 5.38 Å². The fraction of sp³-hybridized carbons (Fsp3) is 0.588. The Bertz CT molecular complexity index is 699. The van der Waals surface area contributed by atoms with Crippen LogP contribution in [0.4, 0.5) is 0 Å². The third-order valence-electron chi connectivity index (χ3n) is 4.65. The monoisotopic (exact) mass is 363 g/mol. The Labute approximate surface area is 151 Å². The maximum absolute atomic E-state index is 12.1. The highest BCUT2D eigenvalue weighted by Gasteiger charge is 2.22. The number of aromatic nitrogens is 2. The van der Waals surface area contributed by atoms with Gasteiger partial charge in [-0.1, -0.05) is 0 Å². The Morgan fingerprint density at radius 3 is 2.76 bits per heavy atom. The lowest BCUT2D eigenvalue weighted by Gasteiger charge is -2.31. The molecule has 2 aromatic rings. The molecule has 1 aliphatic rings. The molecule has 3 rings (SSSR count). The highest BCUT2D eigenvalue weighted by molar-refractivity contribution is 7.09. The van der Waals surface area contributed by atoms with Gasteiger partial charge in [0.15, 0.2) is 0 Å². The zero-order valence-corrected chi connectivity index (χ0v) is 15.6. The average molecular weight is 363 g/mol. The van der Waals surface area contributed by atoms with Crippen LogP contribution in [-0.2, 0) is 13.1 Å². The SMILES string of the molecule is Cc1nc(CN2CCC(CNC(=O)c3csc(CN)n3)CC2)oc1C. The van der Waals surface area contributed by atoms with E-state index in [1.807, 2.05) is 13.8 Å². The molecule has 1 fully saturated rings. The summed E-state index contributed by atoms with van der Waals surface area (Å²) in [6.07, 6.45) is 2.12. The summed E-state index contributed by atoms with van der Waals surface area (Å²) in [5.41, 5.74) is 6.97. The second kappa shape index (κ2) is 8.07. The topological polar surface area (TPSA) is 97.3 Å². The van der Waals surface area contributed by atoms with Crippen molar-refractivity contribution in [2.75, 3.05) is 19.6 Å². The van der Waals surface area contributed by atoms with Crippen molar-refractivity contribution < 1.29 is 9.21 Å². The number of hydrogen-bond donors (Lipinski definition) is 2. The third-order valence-corrected chi connectivity index (χ3v) is 5.52. The van der Waals surface area contributed by atoms with Crippen molar-refractivity contribution in [1.82, 2.24) is 20.2 Å². The lowest BCUT2D eigenvalue weighted by atomic mass is 9.97. The molecule has 1 aliphatic heterocycles. The number of likely N-dealkylation sites (tertiary alicyclic amines) is 1. The Balaban J connectivity index is 1.41. The first-order valence-corrected chi connectivity index (χ1v) is 9.51. The quantitative estimate of drug-likeness (QED) is 0.813. The molecule has 0 bridgehead atoms. The molecule has 2 aromatic heterocycles. The van der Waals surface area contributed by atoms with E-state index in [0.29, 0.717) is 24.7 Å². The van der Waals surface area contributed by atoms with Crippen LogP contribution in [0.25, 0.3) is 0 Å². The summed E-state index contributed by atoms with van der Waals surface area (Å²) in [5, 5.41) is 5.55. The number of piperidine rings is 1. The van der Waals surface area contributed by atoms with E-state index >= 15 is 0 Å². The molecule has 25 heavy (non-hydrogen) atoms. The van der Waals surface area contributed by atoms with E-state index in [9.17, 15) is 4.79 Å². The number of nitrogens with two attached hydrogens (primary N) is 1. The van der Waals surface area contributed by atoms with Gasteiger partial charge in [-0.2, -0.15) is 0 Å². The predicted molar refractivity (Wildman–Crippen MR) is 96.3 cm³/mol. The molecule has 0 aliphatic carbocycles. The predicted octanol–water partition coefficient (Wildman–Crippen LogP) is 1.85. The lowest BCUT2D eigenvalue weighted by Crippen LogP contribution is -2.38. The molecule has 0 atom stereocenters. The zero-order valence-electron chi connectivity index (χ0n) is 14.7. The number of carbonyl (C=O) groups is 1. The van der Waals surface area contributed by atoms with Crippen LogP contribution < -0.4 is 11.1 Å². The summed E-state index contributed by atoms with van der Waals surface area (Å²) < 4.78 is 5.66. The number of hydrogen-bond acceptors (Lipinski definition) is 7. The molecular weight excluding hydrogens is 338 g/mol. The van der Waals surface area contributed by atoms with Crippen molar-refractivity contribution in [3.8, 4) is 0 Å². The van der Waals surface area contributed by atoms with Crippen LogP contribution in [0.2, 0.25) is 0 Å². The first kappa shape index (κ1) is 18.0. The van der Waals surface area contributed by atoms with Gasteiger partial charge in [-0.15, -0.1) is 11.3 Å². The van der Waals surface area contributed by atoms with Crippen LogP contribution >= 0.6 is 11.3 Å². The van der Waals surface area contributed by atoms with Gasteiger partial charge in [-0.25, -0.2) is 9.97 Å². The van der Waals surface area contributed by atoms with Crippen LogP contribution in [0.5, 0.6) is 0 Å². The first-order chi connectivity index (χ1) is 12.0. The van der Waals surface area contributed by atoms with Crippen LogP contribution in [0.1, 0.15) is 45.7 Å². The van der Waals surface area contributed by atoms with Crippen LogP contribution in [-0.4, -0.2) is 40.4 Å². The second-order valence-corrected chi connectivity index (χ2v) is 7.45. The van der Waals surface area contributed by atoms with Gasteiger partial charge in [0, 0.05) is 18.5 Å². The summed E-state index contributed by atoms with van der Waals surface area (Å²) in [6.45, 7) is 7.73. The Morgan fingerprint density at radius 2 is 2.16 bits per heavy atom. The number of nitrogens with one attached hydrogen (secondary N) is 1. The summed E-state index contributed by atoms with van der Waals surface area (Å²) in [6, 6.07) is 0. The average Bonchev–Trinajstić information content (AvgIpc) is 3.21. The molecule has 1 saturated heterocycles.